The molecule has 0 unspecified atom stereocenters. The van der Waals surface area contributed by atoms with Crippen LogP contribution in [0.15, 0.2) is 72.8 Å². The third kappa shape index (κ3) is 2.09. The van der Waals surface area contributed by atoms with Crippen LogP contribution in [0, 0.1) is 0 Å². The number of hydrogen-bond donors (Lipinski definition) is 0. The molecule has 0 bridgehead atoms. The SMILES string of the molecule is C/C1=C/c2nc3ccccc3nc2-c2ccccc2-c2nc3ccccc3n21. The van der Waals surface area contributed by atoms with Gasteiger partial charge in [0.1, 0.15) is 5.82 Å². The highest BCUT2D eigenvalue weighted by molar-refractivity contribution is 5.96. The van der Waals surface area contributed by atoms with E-state index in [0.29, 0.717) is 0 Å². The molecule has 0 saturated carbocycles. The molecule has 6 rings (SSSR count). The van der Waals surface area contributed by atoms with Gasteiger partial charge in [0, 0.05) is 16.8 Å². The van der Waals surface area contributed by atoms with Gasteiger partial charge < -0.3 is 0 Å². The van der Waals surface area contributed by atoms with Crippen LogP contribution < -0.4 is 0 Å². The number of nitrogens with zero attached hydrogens (tertiary/aromatic N) is 4. The van der Waals surface area contributed by atoms with Crippen molar-refractivity contribution in [3.05, 3.63) is 78.5 Å². The number of aromatic nitrogens is 4. The number of para-hydroxylation sites is 4. The van der Waals surface area contributed by atoms with Crippen molar-refractivity contribution >= 4 is 33.8 Å². The zero-order valence-corrected chi connectivity index (χ0v) is 15.3. The topological polar surface area (TPSA) is 43.6 Å². The third-order valence-electron chi connectivity index (χ3n) is 5.28. The predicted octanol–water partition coefficient (Wildman–Crippen LogP) is 5.64. The Kier molecular flexibility index (Phi) is 3.06. The molecule has 0 atom stereocenters. The minimum absolute atomic E-state index is 0.882. The maximum absolute atomic E-state index is 4.98. The first kappa shape index (κ1) is 15.3. The number of benzene rings is 3. The fourth-order valence-corrected chi connectivity index (χ4v) is 4.02. The molecule has 0 radical (unpaired) electrons. The highest BCUT2D eigenvalue weighted by Gasteiger charge is 2.22. The van der Waals surface area contributed by atoms with Crippen LogP contribution in [-0.2, 0) is 0 Å². The molecule has 5 aromatic rings. The molecule has 3 aromatic carbocycles. The van der Waals surface area contributed by atoms with Gasteiger partial charge in [-0.1, -0.05) is 48.5 Å². The van der Waals surface area contributed by atoms with E-state index in [9.17, 15) is 0 Å². The average molecular weight is 360 g/mol. The summed E-state index contributed by atoms with van der Waals surface area (Å²) in [6.45, 7) is 2.10. The van der Waals surface area contributed by atoms with Gasteiger partial charge in [-0.05, 0) is 37.3 Å². The van der Waals surface area contributed by atoms with E-state index < -0.39 is 0 Å². The molecule has 1 aliphatic rings. The lowest BCUT2D eigenvalue weighted by Crippen LogP contribution is -2.04. The van der Waals surface area contributed by atoms with Crippen molar-refractivity contribution in [3.63, 3.8) is 0 Å². The van der Waals surface area contributed by atoms with Gasteiger partial charge in [0.15, 0.2) is 0 Å². The van der Waals surface area contributed by atoms with Crippen LogP contribution in [0.5, 0.6) is 0 Å². The summed E-state index contributed by atoms with van der Waals surface area (Å²) in [5.74, 6) is 0.936. The molecule has 1 aliphatic heterocycles. The fourth-order valence-electron chi connectivity index (χ4n) is 4.02. The normalized spacial score (nSPS) is 14.5. The minimum atomic E-state index is 0.882. The fraction of sp³-hybridized carbons (Fsp3) is 0.0417. The summed E-state index contributed by atoms with van der Waals surface area (Å²) in [4.78, 5) is 14.9. The molecule has 0 saturated heterocycles. The summed E-state index contributed by atoms with van der Waals surface area (Å²) in [6, 6.07) is 24.6. The Morgan fingerprint density at radius 2 is 1.29 bits per heavy atom. The highest BCUT2D eigenvalue weighted by Crippen LogP contribution is 2.38. The van der Waals surface area contributed by atoms with Gasteiger partial charge in [0.25, 0.3) is 0 Å². The van der Waals surface area contributed by atoms with Crippen LogP contribution >= 0.6 is 0 Å². The molecule has 2 aromatic heterocycles. The molecular formula is C24H16N4. The lowest BCUT2D eigenvalue weighted by atomic mass is 9.99. The van der Waals surface area contributed by atoms with E-state index in [1.807, 2.05) is 36.4 Å². The van der Waals surface area contributed by atoms with Gasteiger partial charge in [-0.25, -0.2) is 15.0 Å². The van der Waals surface area contributed by atoms with E-state index in [4.69, 9.17) is 15.0 Å². The van der Waals surface area contributed by atoms with Crippen LogP contribution in [-0.4, -0.2) is 19.5 Å². The number of allylic oxidation sites excluding steroid dienone is 1. The van der Waals surface area contributed by atoms with Crippen LogP contribution in [0.1, 0.15) is 12.6 Å². The van der Waals surface area contributed by atoms with E-state index >= 15 is 0 Å². The second-order valence-corrected chi connectivity index (χ2v) is 7.04. The smallest absolute Gasteiger partial charge is 0.146 e. The van der Waals surface area contributed by atoms with Crippen molar-refractivity contribution in [1.29, 1.82) is 0 Å². The Bertz CT molecular complexity index is 1430. The quantitative estimate of drug-likeness (QED) is 0.359. The monoisotopic (exact) mass is 360 g/mol. The Morgan fingerprint density at radius 1 is 0.643 bits per heavy atom. The summed E-state index contributed by atoms with van der Waals surface area (Å²) in [6.07, 6.45) is 2.11. The minimum Gasteiger partial charge on any atom is -0.296 e. The largest absolute Gasteiger partial charge is 0.296 e. The zero-order chi connectivity index (χ0) is 18.7. The van der Waals surface area contributed by atoms with Gasteiger partial charge in [-0.2, -0.15) is 0 Å². The molecule has 28 heavy (non-hydrogen) atoms. The molecule has 3 heterocycles. The lowest BCUT2D eigenvalue weighted by molar-refractivity contribution is 1.12. The van der Waals surface area contributed by atoms with Crippen molar-refractivity contribution < 1.29 is 0 Å². The van der Waals surface area contributed by atoms with Gasteiger partial charge in [0.05, 0.1) is 33.5 Å². The molecule has 0 aliphatic carbocycles. The molecule has 0 spiro atoms. The lowest BCUT2D eigenvalue weighted by Gasteiger charge is -2.18. The molecule has 0 N–H and O–H groups in total. The van der Waals surface area contributed by atoms with Crippen molar-refractivity contribution in [1.82, 2.24) is 19.5 Å². The first-order valence-corrected chi connectivity index (χ1v) is 9.32. The molecule has 0 amide bonds. The van der Waals surface area contributed by atoms with Crippen molar-refractivity contribution in [2.24, 2.45) is 0 Å². The molecule has 0 fully saturated rings. The van der Waals surface area contributed by atoms with Gasteiger partial charge >= 0.3 is 0 Å². The maximum Gasteiger partial charge on any atom is 0.146 e. The standard InChI is InChI=1S/C24H16N4/c1-15-14-21-23(26-19-11-5-4-10-18(19)25-21)16-8-2-3-9-17(16)24-27-20-12-6-7-13-22(20)28(15)24/h2-14H,1H3/b15-14-. The number of fused-ring (bicyclic) bond motifs is 8. The summed E-state index contributed by atoms with van der Waals surface area (Å²) in [7, 11) is 0. The predicted molar refractivity (Wildman–Crippen MR) is 114 cm³/mol. The summed E-state index contributed by atoms with van der Waals surface area (Å²) >= 11 is 0. The third-order valence-corrected chi connectivity index (χ3v) is 5.28. The Hall–Kier alpha value is -3.79. The first-order valence-electron chi connectivity index (χ1n) is 9.32. The van der Waals surface area contributed by atoms with Crippen molar-refractivity contribution in [2.75, 3.05) is 0 Å². The van der Waals surface area contributed by atoms with E-state index in [1.165, 1.54) is 0 Å². The van der Waals surface area contributed by atoms with E-state index in [-0.39, 0.29) is 0 Å². The second kappa shape index (κ2) is 5.60. The van der Waals surface area contributed by atoms with Crippen LogP contribution in [0.3, 0.4) is 0 Å². The molecule has 4 heteroatoms. The van der Waals surface area contributed by atoms with Crippen molar-refractivity contribution in [3.8, 4) is 22.6 Å². The van der Waals surface area contributed by atoms with Gasteiger partial charge in [0.2, 0.25) is 0 Å². The molecule has 132 valence electrons. The Labute approximate surface area is 161 Å². The number of rotatable bonds is 0. The number of imidazole rings is 1. The summed E-state index contributed by atoms with van der Waals surface area (Å²) in [5, 5.41) is 0. The number of hydrogen-bond acceptors (Lipinski definition) is 3. The second-order valence-electron chi connectivity index (χ2n) is 7.04. The van der Waals surface area contributed by atoms with Gasteiger partial charge in [-0.15, -0.1) is 0 Å². The Morgan fingerprint density at radius 3 is 2.11 bits per heavy atom. The van der Waals surface area contributed by atoms with E-state index in [1.54, 1.807) is 0 Å². The van der Waals surface area contributed by atoms with Gasteiger partial charge in [-0.3, -0.25) is 4.57 Å². The summed E-state index contributed by atoms with van der Waals surface area (Å²) < 4.78 is 2.22. The van der Waals surface area contributed by atoms with Crippen LogP contribution in [0.25, 0.3) is 56.5 Å². The first-order chi connectivity index (χ1) is 13.8. The van der Waals surface area contributed by atoms with E-state index in [2.05, 4.69) is 54.0 Å². The molecular weight excluding hydrogens is 344 g/mol. The highest BCUT2D eigenvalue weighted by atomic mass is 15.1. The Balaban J connectivity index is 1.79. The zero-order valence-electron chi connectivity index (χ0n) is 15.3. The van der Waals surface area contributed by atoms with Crippen LogP contribution in [0.2, 0.25) is 0 Å². The maximum atomic E-state index is 4.98. The van der Waals surface area contributed by atoms with E-state index in [0.717, 1.165) is 56.1 Å². The summed E-state index contributed by atoms with van der Waals surface area (Å²) in [5.41, 5.74) is 8.85. The van der Waals surface area contributed by atoms with Crippen LogP contribution in [0.4, 0.5) is 0 Å². The average Bonchev–Trinajstić information content (AvgIpc) is 3.12. The van der Waals surface area contributed by atoms with Crippen molar-refractivity contribution in [2.45, 2.75) is 6.92 Å². The molecule has 4 nitrogen and oxygen atoms in total.